The summed E-state index contributed by atoms with van der Waals surface area (Å²) in [5, 5.41) is 3.30. The van der Waals surface area contributed by atoms with Crippen molar-refractivity contribution in [1.29, 1.82) is 0 Å². The van der Waals surface area contributed by atoms with Gasteiger partial charge in [0.25, 0.3) is 0 Å². The van der Waals surface area contributed by atoms with Crippen LogP contribution < -0.4 is 0 Å². The number of aryl methyl sites for hydroxylation is 2. The molecule has 0 unspecified atom stereocenters. The Labute approximate surface area is 109 Å². The Morgan fingerprint density at radius 3 is 2.53 bits per heavy atom. The highest BCUT2D eigenvalue weighted by molar-refractivity contribution is 9.08. The fraction of sp³-hybridized carbons (Fsp3) is 0.200. The van der Waals surface area contributed by atoms with Crippen LogP contribution >= 0.6 is 15.9 Å². The van der Waals surface area contributed by atoms with Crippen LogP contribution in [0.5, 0.6) is 0 Å². The fourth-order valence-corrected chi connectivity index (χ4v) is 2.80. The number of alkyl halides is 1. The van der Waals surface area contributed by atoms with E-state index < -0.39 is 0 Å². The molecular weight excluding hydrogens is 276 g/mol. The molecule has 0 atom stereocenters. The number of fused-ring (bicyclic) bond motifs is 3. The first-order chi connectivity index (χ1) is 8.19. The van der Waals surface area contributed by atoms with E-state index in [2.05, 4.69) is 60.1 Å². The summed E-state index contributed by atoms with van der Waals surface area (Å²) >= 11 is 3.56. The van der Waals surface area contributed by atoms with Crippen molar-refractivity contribution >= 4 is 37.9 Å². The van der Waals surface area contributed by atoms with E-state index in [1.165, 1.54) is 27.5 Å². The lowest BCUT2D eigenvalue weighted by Gasteiger charge is -2.00. The molecule has 0 saturated carbocycles. The third-order valence-corrected chi connectivity index (χ3v) is 3.70. The first kappa shape index (κ1) is 10.8. The minimum Gasteiger partial charge on any atom is -0.456 e. The van der Waals surface area contributed by atoms with Gasteiger partial charge in [-0.05, 0) is 42.7 Å². The van der Waals surface area contributed by atoms with Crippen LogP contribution in [0.25, 0.3) is 21.9 Å². The molecule has 0 fully saturated rings. The minimum atomic E-state index is 0.855. The summed E-state index contributed by atoms with van der Waals surface area (Å²) < 4.78 is 5.94. The fourth-order valence-electron chi connectivity index (χ4n) is 2.36. The number of halogens is 1. The molecule has 0 spiro atoms. The predicted molar refractivity (Wildman–Crippen MR) is 75.8 cm³/mol. The van der Waals surface area contributed by atoms with Gasteiger partial charge in [-0.25, -0.2) is 0 Å². The Bertz CT molecular complexity index is 710. The number of furan rings is 1. The number of benzene rings is 2. The lowest BCUT2D eigenvalue weighted by molar-refractivity contribution is 0.668. The van der Waals surface area contributed by atoms with Crippen LogP contribution in [0.2, 0.25) is 0 Å². The number of hydrogen-bond acceptors (Lipinski definition) is 1. The van der Waals surface area contributed by atoms with Crippen molar-refractivity contribution in [3.05, 3.63) is 47.0 Å². The molecule has 0 aliphatic carbocycles. The predicted octanol–water partition coefficient (Wildman–Crippen LogP) is 5.10. The van der Waals surface area contributed by atoms with Gasteiger partial charge in [0.2, 0.25) is 0 Å². The molecule has 0 amide bonds. The Morgan fingerprint density at radius 2 is 1.76 bits per heavy atom. The Morgan fingerprint density at radius 1 is 1.00 bits per heavy atom. The summed E-state index contributed by atoms with van der Waals surface area (Å²) in [5.41, 5.74) is 5.73. The highest BCUT2D eigenvalue weighted by Gasteiger charge is 2.11. The van der Waals surface area contributed by atoms with Gasteiger partial charge in [0.1, 0.15) is 11.2 Å². The molecule has 86 valence electrons. The second-order valence-corrected chi connectivity index (χ2v) is 5.09. The number of rotatable bonds is 1. The smallest absolute Gasteiger partial charge is 0.135 e. The minimum absolute atomic E-state index is 0.855. The molecule has 3 rings (SSSR count). The zero-order chi connectivity index (χ0) is 12.0. The van der Waals surface area contributed by atoms with E-state index in [0.717, 1.165) is 16.5 Å². The van der Waals surface area contributed by atoms with Crippen molar-refractivity contribution in [2.75, 3.05) is 0 Å². The molecule has 1 nitrogen and oxygen atoms in total. The molecular formula is C15H13BrO. The SMILES string of the molecule is Cc1ccc2c(c1)oc1cc(C)cc(CBr)c12. The maximum Gasteiger partial charge on any atom is 0.135 e. The van der Waals surface area contributed by atoms with E-state index in [1.807, 2.05) is 0 Å². The van der Waals surface area contributed by atoms with Gasteiger partial charge < -0.3 is 4.42 Å². The number of hydrogen-bond donors (Lipinski definition) is 0. The largest absolute Gasteiger partial charge is 0.456 e. The zero-order valence-corrected chi connectivity index (χ0v) is 11.5. The molecule has 2 heteroatoms. The topological polar surface area (TPSA) is 13.1 Å². The first-order valence-corrected chi connectivity index (χ1v) is 6.79. The van der Waals surface area contributed by atoms with Gasteiger partial charge in [0.05, 0.1) is 0 Å². The van der Waals surface area contributed by atoms with Crippen molar-refractivity contribution < 1.29 is 4.42 Å². The maximum atomic E-state index is 5.94. The van der Waals surface area contributed by atoms with Crippen LogP contribution in [0.1, 0.15) is 16.7 Å². The van der Waals surface area contributed by atoms with Gasteiger partial charge in [-0.2, -0.15) is 0 Å². The van der Waals surface area contributed by atoms with E-state index in [4.69, 9.17) is 4.42 Å². The van der Waals surface area contributed by atoms with Crippen LogP contribution in [-0.4, -0.2) is 0 Å². The summed E-state index contributed by atoms with van der Waals surface area (Å²) in [6.07, 6.45) is 0. The summed E-state index contributed by atoms with van der Waals surface area (Å²) in [6, 6.07) is 10.7. The molecule has 0 aliphatic rings. The molecule has 0 bridgehead atoms. The van der Waals surface area contributed by atoms with Crippen LogP contribution in [0.3, 0.4) is 0 Å². The Hall–Kier alpha value is -1.28. The quantitative estimate of drug-likeness (QED) is 0.568. The second kappa shape index (κ2) is 3.88. The van der Waals surface area contributed by atoms with Crippen molar-refractivity contribution in [2.24, 2.45) is 0 Å². The summed E-state index contributed by atoms with van der Waals surface area (Å²) in [4.78, 5) is 0. The monoisotopic (exact) mass is 288 g/mol. The molecule has 17 heavy (non-hydrogen) atoms. The van der Waals surface area contributed by atoms with Gasteiger partial charge in [-0.3, -0.25) is 0 Å². The second-order valence-electron chi connectivity index (χ2n) is 4.53. The maximum absolute atomic E-state index is 5.94. The zero-order valence-electron chi connectivity index (χ0n) is 9.88. The van der Waals surface area contributed by atoms with Gasteiger partial charge in [-0.15, -0.1) is 0 Å². The van der Waals surface area contributed by atoms with Crippen molar-refractivity contribution in [1.82, 2.24) is 0 Å². The molecule has 0 saturated heterocycles. The van der Waals surface area contributed by atoms with Gasteiger partial charge >= 0.3 is 0 Å². The lowest BCUT2D eigenvalue weighted by atomic mass is 10.0. The van der Waals surface area contributed by atoms with Crippen LogP contribution in [0.4, 0.5) is 0 Å². The van der Waals surface area contributed by atoms with E-state index in [-0.39, 0.29) is 0 Å². The normalized spacial score (nSPS) is 11.5. The highest BCUT2D eigenvalue weighted by atomic mass is 79.9. The van der Waals surface area contributed by atoms with E-state index in [9.17, 15) is 0 Å². The van der Waals surface area contributed by atoms with Crippen LogP contribution in [0.15, 0.2) is 34.7 Å². The van der Waals surface area contributed by atoms with Crippen molar-refractivity contribution in [2.45, 2.75) is 19.2 Å². The van der Waals surface area contributed by atoms with Crippen LogP contribution in [0, 0.1) is 13.8 Å². The average molecular weight is 289 g/mol. The summed E-state index contributed by atoms with van der Waals surface area (Å²) in [6.45, 7) is 4.19. The van der Waals surface area contributed by atoms with Gasteiger partial charge in [0.15, 0.2) is 0 Å². The molecule has 0 N–H and O–H groups in total. The Balaban J connectivity index is 2.51. The average Bonchev–Trinajstić information content (AvgIpc) is 2.64. The third kappa shape index (κ3) is 1.67. The molecule has 0 radical (unpaired) electrons. The summed E-state index contributed by atoms with van der Waals surface area (Å²) in [7, 11) is 0. The van der Waals surface area contributed by atoms with Crippen LogP contribution in [-0.2, 0) is 5.33 Å². The standard InChI is InChI=1S/C15H13BrO/c1-9-3-4-12-13(6-9)17-14-7-10(2)5-11(8-16)15(12)14/h3-7H,8H2,1-2H3. The first-order valence-electron chi connectivity index (χ1n) is 5.67. The lowest BCUT2D eigenvalue weighted by Crippen LogP contribution is -1.82. The highest BCUT2D eigenvalue weighted by Crippen LogP contribution is 2.33. The van der Waals surface area contributed by atoms with E-state index in [1.54, 1.807) is 0 Å². The molecule has 2 aromatic carbocycles. The molecule has 0 aliphatic heterocycles. The van der Waals surface area contributed by atoms with Gasteiger partial charge in [-0.1, -0.05) is 34.1 Å². The molecule has 1 aromatic heterocycles. The molecule has 3 aromatic rings. The van der Waals surface area contributed by atoms with Gasteiger partial charge in [0, 0.05) is 16.1 Å². The Kier molecular flexibility index (Phi) is 2.48. The third-order valence-electron chi connectivity index (χ3n) is 3.10. The summed E-state index contributed by atoms with van der Waals surface area (Å²) in [5.74, 6) is 0. The van der Waals surface area contributed by atoms with Crippen molar-refractivity contribution in [3.8, 4) is 0 Å². The van der Waals surface area contributed by atoms with Crippen molar-refractivity contribution in [3.63, 3.8) is 0 Å². The molecule has 1 heterocycles. The van der Waals surface area contributed by atoms with E-state index >= 15 is 0 Å². The van der Waals surface area contributed by atoms with E-state index in [0.29, 0.717) is 0 Å².